The summed E-state index contributed by atoms with van der Waals surface area (Å²) in [5, 5.41) is 7.46. The van der Waals surface area contributed by atoms with Gasteiger partial charge in [0.1, 0.15) is 0 Å². The van der Waals surface area contributed by atoms with Gasteiger partial charge in [0.25, 0.3) is 0 Å². The molecule has 2 aromatic heterocycles. The molecule has 0 amide bonds. The molecule has 0 atom stereocenters. The van der Waals surface area contributed by atoms with Crippen LogP contribution in [0.5, 0.6) is 0 Å². The smallest absolute Gasteiger partial charge is 0.171 e. The van der Waals surface area contributed by atoms with Crippen molar-refractivity contribution in [1.82, 2.24) is 9.13 Å². The van der Waals surface area contributed by atoms with E-state index in [4.69, 9.17) is 0 Å². The van der Waals surface area contributed by atoms with Crippen LogP contribution >= 0.6 is 7.14 Å². The predicted molar refractivity (Wildman–Crippen MR) is 232 cm³/mol. The summed E-state index contributed by atoms with van der Waals surface area (Å²) in [7, 11) is -3.15. The second-order valence-electron chi connectivity index (χ2n) is 15.2. The summed E-state index contributed by atoms with van der Waals surface area (Å²) < 4.78 is 20.4. The van der Waals surface area contributed by atoms with Crippen molar-refractivity contribution in [3.8, 4) is 22.5 Å². The molecule has 262 valence electrons. The van der Waals surface area contributed by atoms with Crippen molar-refractivity contribution in [2.24, 2.45) is 0 Å². The zero-order valence-corrected chi connectivity index (χ0v) is 31.5. The van der Waals surface area contributed by atoms with E-state index in [1.165, 1.54) is 60.3 Å². The van der Waals surface area contributed by atoms with Crippen molar-refractivity contribution in [3.63, 3.8) is 0 Å². The molecular formula is C51H37N2OP. The number of nitrogens with zero attached hydrogens (tertiary/aromatic N) is 2. The molecule has 0 spiro atoms. The van der Waals surface area contributed by atoms with Crippen LogP contribution in [0.1, 0.15) is 25.0 Å². The Morgan fingerprint density at radius 3 is 1.51 bits per heavy atom. The lowest BCUT2D eigenvalue weighted by atomic mass is 9.80. The fourth-order valence-corrected chi connectivity index (χ4v) is 12.3. The molecule has 4 heteroatoms. The van der Waals surface area contributed by atoms with Gasteiger partial charge in [0, 0.05) is 59.8 Å². The molecule has 0 bridgehead atoms. The molecule has 11 rings (SSSR count). The van der Waals surface area contributed by atoms with E-state index in [0.717, 1.165) is 32.8 Å². The molecule has 1 aliphatic rings. The van der Waals surface area contributed by atoms with E-state index in [9.17, 15) is 0 Å². The second-order valence-corrected chi connectivity index (χ2v) is 18.0. The lowest BCUT2D eigenvalue weighted by Gasteiger charge is -2.23. The lowest BCUT2D eigenvalue weighted by Crippen LogP contribution is -2.24. The van der Waals surface area contributed by atoms with E-state index < -0.39 is 7.14 Å². The maximum atomic E-state index is 15.4. The topological polar surface area (TPSA) is 26.9 Å². The fraction of sp³-hybridized carbons (Fsp3) is 0.0588. The fourth-order valence-electron chi connectivity index (χ4n) is 9.61. The van der Waals surface area contributed by atoms with Gasteiger partial charge in [-0.25, -0.2) is 0 Å². The van der Waals surface area contributed by atoms with Crippen LogP contribution in [0.15, 0.2) is 188 Å². The minimum atomic E-state index is -3.15. The highest BCUT2D eigenvalue weighted by atomic mass is 31.2. The van der Waals surface area contributed by atoms with Gasteiger partial charge in [-0.15, -0.1) is 0 Å². The van der Waals surface area contributed by atoms with Gasteiger partial charge in [0.15, 0.2) is 7.14 Å². The van der Waals surface area contributed by atoms with Gasteiger partial charge in [-0.2, -0.15) is 0 Å². The first kappa shape index (κ1) is 32.1. The molecule has 0 saturated heterocycles. The van der Waals surface area contributed by atoms with E-state index in [2.05, 4.69) is 150 Å². The SMILES string of the molecule is CC1(C)c2ccccc2-c2c1c1c3ccccc3n(-c3ccc(P(=O)(c4ccccc4)c4ccccc4)cc3)c1c1c3ccccc3n(-c3ccccc3)c21. The zero-order valence-electron chi connectivity index (χ0n) is 30.6. The first-order valence-corrected chi connectivity index (χ1v) is 20.7. The van der Waals surface area contributed by atoms with Gasteiger partial charge in [-0.1, -0.05) is 153 Å². The highest BCUT2D eigenvalue weighted by Crippen LogP contribution is 2.58. The van der Waals surface area contributed by atoms with E-state index in [0.29, 0.717) is 0 Å². The van der Waals surface area contributed by atoms with Crippen LogP contribution in [0.25, 0.3) is 66.1 Å². The maximum Gasteiger partial charge on any atom is 0.171 e. The lowest BCUT2D eigenvalue weighted by molar-refractivity contribution is 0.592. The molecule has 8 aromatic carbocycles. The molecule has 0 fully saturated rings. The number of rotatable bonds is 5. The van der Waals surface area contributed by atoms with Gasteiger partial charge in [-0.3, -0.25) is 0 Å². The molecular weight excluding hydrogens is 688 g/mol. The van der Waals surface area contributed by atoms with E-state index in [1.54, 1.807) is 0 Å². The average molecular weight is 725 g/mol. The number of benzene rings is 8. The summed E-state index contributed by atoms with van der Waals surface area (Å²) in [5.74, 6) is 0. The van der Waals surface area contributed by atoms with Gasteiger partial charge in [-0.05, 0) is 65.2 Å². The minimum Gasteiger partial charge on any atom is -0.309 e. The first-order valence-electron chi connectivity index (χ1n) is 19.0. The summed E-state index contributed by atoms with van der Waals surface area (Å²) in [4.78, 5) is 0. The largest absolute Gasteiger partial charge is 0.309 e. The zero-order chi connectivity index (χ0) is 36.9. The van der Waals surface area contributed by atoms with Crippen LogP contribution in [0.2, 0.25) is 0 Å². The molecule has 0 saturated carbocycles. The summed E-state index contributed by atoms with van der Waals surface area (Å²) in [5.41, 5.74) is 12.0. The molecule has 0 N–H and O–H groups in total. The Balaban J connectivity index is 1.30. The highest BCUT2D eigenvalue weighted by molar-refractivity contribution is 7.85. The molecule has 0 unspecified atom stereocenters. The van der Waals surface area contributed by atoms with Crippen LogP contribution in [-0.2, 0) is 9.98 Å². The van der Waals surface area contributed by atoms with Gasteiger partial charge >= 0.3 is 0 Å². The van der Waals surface area contributed by atoms with Crippen molar-refractivity contribution in [2.45, 2.75) is 19.3 Å². The van der Waals surface area contributed by atoms with E-state index in [-0.39, 0.29) is 5.41 Å². The third-order valence-electron chi connectivity index (χ3n) is 11.9. The summed E-state index contributed by atoms with van der Waals surface area (Å²) >= 11 is 0. The van der Waals surface area contributed by atoms with Crippen LogP contribution in [-0.4, -0.2) is 9.13 Å². The number of hydrogen-bond donors (Lipinski definition) is 0. The monoisotopic (exact) mass is 724 g/mol. The highest BCUT2D eigenvalue weighted by Gasteiger charge is 2.41. The predicted octanol–water partition coefficient (Wildman–Crippen LogP) is 11.8. The van der Waals surface area contributed by atoms with Crippen molar-refractivity contribution in [1.29, 1.82) is 0 Å². The normalized spacial score (nSPS) is 13.5. The molecule has 1 aliphatic carbocycles. The number of aromatic nitrogens is 2. The number of para-hydroxylation sites is 3. The van der Waals surface area contributed by atoms with E-state index in [1.807, 2.05) is 60.7 Å². The molecule has 2 heterocycles. The van der Waals surface area contributed by atoms with E-state index >= 15 is 4.57 Å². The van der Waals surface area contributed by atoms with Crippen LogP contribution in [0, 0.1) is 0 Å². The van der Waals surface area contributed by atoms with Crippen molar-refractivity contribution in [3.05, 3.63) is 199 Å². The third-order valence-corrected chi connectivity index (χ3v) is 15.0. The number of fused-ring (bicyclic) bond motifs is 12. The first-order chi connectivity index (χ1) is 27.0. The Hall–Kier alpha value is -6.41. The molecule has 0 aliphatic heterocycles. The Labute approximate surface area is 320 Å². The van der Waals surface area contributed by atoms with Crippen LogP contribution < -0.4 is 15.9 Å². The van der Waals surface area contributed by atoms with Gasteiger partial charge in [0.2, 0.25) is 0 Å². The molecule has 0 radical (unpaired) electrons. The van der Waals surface area contributed by atoms with Crippen molar-refractivity contribution >= 4 is 66.7 Å². The van der Waals surface area contributed by atoms with Crippen LogP contribution in [0.3, 0.4) is 0 Å². The maximum absolute atomic E-state index is 15.4. The Kier molecular flexibility index (Phi) is 6.87. The second kappa shape index (κ2) is 11.8. The third kappa shape index (κ3) is 4.36. The molecule has 55 heavy (non-hydrogen) atoms. The van der Waals surface area contributed by atoms with Gasteiger partial charge < -0.3 is 13.7 Å². The molecule has 10 aromatic rings. The standard InChI is InChI=1S/C51H37N2OP/c1-51(2)42-27-15-12-24-39(42)45-48(51)46-40-25-13-16-28-43(40)53(50(46)47-41-26-14-17-29-44(41)52(49(45)47)34-18-6-3-7-19-34)35-30-32-38(33-31-35)55(54,36-20-8-4-9-21-36)37-22-10-5-11-23-37/h3-33H,1-2H3. The number of hydrogen-bond acceptors (Lipinski definition) is 1. The van der Waals surface area contributed by atoms with Crippen molar-refractivity contribution in [2.75, 3.05) is 0 Å². The summed E-state index contributed by atoms with van der Waals surface area (Å²) in [6.07, 6.45) is 0. The Bertz CT molecular complexity index is 3130. The Morgan fingerprint density at radius 2 is 0.891 bits per heavy atom. The average Bonchev–Trinajstić information content (AvgIpc) is 3.85. The Morgan fingerprint density at radius 1 is 0.436 bits per heavy atom. The van der Waals surface area contributed by atoms with Gasteiger partial charge in [0.05, 0.1) is 22.1 Å². The van der Waals surface area contributed by atoms with Crippen molar-refractivity contribution < 1.29 is 4.57 Å². The minimum absolute atomic E-state index is 0.257. The summed E-state index contributed by atoms with van der Waals surface area (Å²) in [6.45, 7) is 4.79. The molecule has 3 nitrogen and oxygen atoms in total. The summed E-state index contributed by atoms with van der Waals surface area (Å²) in [6, 6.07) is 65.9. The van der Waals surface area contributed by atoms with Crippen LogP contribution in [0.4, 0.5) is 0 Å². The quantitative estimate of drug-likeness (QED) is 0.162.